The van der Waals surface area contributed by atoms with E-state index in [2.05, 4.69) is 0 Å². The molecule has 0 aliphatic heterocycles. The topological polar surface area (TPSA) is 82.6 Å². The van der Waals surface area contributed by atoms with Gasteiger partial charge in [-0.25, -0.2) is 4.79 Å². The third-order valence-electron chi connectivity index (χ3n) is 4.54. The first-order valence-electron chi connectivity index (χ1n) is 8.53. The van der Waals surface area contributed by atoms with Gasteiger partial charge in [-0.3, -0.25) is 10.1 Å². The molecule has 1 aromatic heterocycles. The Hall–Kier alpha value is -3.93. The molecular weight excluding hydrogens is 358 g/mol. The summed E-state index contributed by atoms with van der Waals surface area (Å²) in [5, 5.41) is 13.2. The normalized spacial score (nSPS) is 11.3. The number of fused-ring (bicyclic) bond motifs is 3. The molecule has 0 atom stereocenters. The third-order valence-corrected chi connectivity index (χ3v) is 4.54. The van der Waals surface area contributed by atoms with E-state index in [1.54, 1.807) is 31.4 Å². The van der Waals surface area contributed by atoms with Crippen molar-refractivity contribution in [2.45, 2.75) is 0 Å². The number of hydrogen-bond donors (Lipinski definition) is 0. The third kappa shape index (κ3) is 3.12. The lowest BCUT2D eigenvalue weighted by Crippen LogP contribution is -1.98. The molecule has 28 heavy (non-hydrogen) atoms. The van der Waals surface area contributed by atoms with E-state index in [9.17, 15) is 14.9 Å². The number of benzene rings is 3. The number of hydrogen-bond acceptors (Lipinski definition) is 5. The van der Waals surface area contributed by atoms with Gasteiger partial charge >= 0.3 is 5.63 Å². The van der Waals surface area contributed by atoms with Crippen molar-refractivity contribution < 1.29 is 14.1 Å². The molecular formula is C22H15NO5. The molecule has 6 nitrogen and oxygen atoms in total. The number of nitro benzene ring substituents is 1. The maximum Gasteiger partial charge on any atom is 0.336 e. The Kier molecular flexibility index (Phi) is 4.37. The van der Waals surface area contributed by atoms with Crippen LogP contribution in [-0.4, -0.2) is 12.0 Å². The van der Waals surface area contributed by atoms with Crippen molar-refractivity contribution in [1.82, 2.24) is 0 Å². The highest BCUT2D eigenvalue weighted by atomic mass is 16.6. The molecule has 0 saturated heterocycles. The lowest BCUT2D eigenvalue weighted by atomic mass is 10.0. The molecule has 0 aliphatic rings. The van der Waals surface area contributed by atoms with Crippen molar-refractivity contribution in [2.75, 3.05) is 7.11 Å². The van der Waals surface area contributed by atoms with E-state index in [-0.39, 0.29) is 5.69 Å². The summed E-state index contributed by atoms with van der Waals surface area (Å²) in [5.41, 5.74) is 1.56. The van der Waals surface area contributed by atoms with Crippen LogP contribution < -0.4 is 10.4 Å². The molecule has 0 fully saturated rings. The minimum absolute atomic E-state index is 0.0309. The van der Waals surface area contributed by atoms with Gasteiger partial charge in [-0.05, 0) is 41.5 Å². The van der Waals surface area contributed by atoms with Crippen LogP contribution in [0, 0.1) is 10.1 Å². The van der Waals surface area contributed by atoms with E-state index in [1.807, 2.05) is 30.3 Å². The maximum absolute atomic E-state index is 12.1. The summed E-state index contributed by atoms with van der Waals surface area (Å²) in [6.45, 7) is 0. The first-order chi connectivity index (χ1) is 13.6. The second-order valence-corrected chi connectivity index (χ2v) is 6.20. The molecule has 0 aliphatic carbocycles. The van der Waals surface area contributed by atoms with Gasteiger partial charge in [0.1, 0.15) is 11.3 Å². The van der Waals surface area contributed by atoms with Crippen LogP contribution in [0.4, 0.5) is 5.69 Å². The molecule has 0 bridgehead atoms. The fraction of sp³-hybridized carbons (Fsp3) is 0.0455. The summed E-state index contributed by atoms with van der Waals surface area (Å²) in [6, 6.07) is 17.0. The maximum atomic E-state index is 12.1. The molecule has 0 radical (unpaired) electrons. The summed E-state index contributed by atoms with van der Waals surface area (Å²) in [5.74, 6) is 0.703. The fourth-order valence-electron chi connectivity index (χ4n) is 3.18. The highest BCUT2D eigenvalue weighted by Gasteiger charge is 2.10. The number of non-ortho nitro benzene ring substituents is 1. The van der Waals surface area contributed by atoms with Crippen LogP contribution in [0.25, 0.3) is 33.9 Å². The van der Waals surface area contributed by atoms with E-state index in [0.717, 1.165) is 21.7 Å². The lowest BCUT2D eigenvalue weighted by Gasteiger charge is -2.08. The number of methoxy groups -OCH3 is 1. The van der Waals surface area contributed by atoms with E-state index in [1.165, 1.54) is 18.2 Å². The van der Waals surface area contributed by atoms with E-state index >= 15 is 0 Å². The van der Waals surface area contributed by atoms with Crippen LogP contribution in [0.15, 0.2) is 69.9 Å². The minimum atomic E-state index is -0.453. The number of ether oxygens (including phenoxy) is 1. The Balaban J connectivity index is 1.84. The monoisotopic (exact) mass is 373 g/mol. The Labute approximate surface area is 159 Å². The van der Waals surface area contributed by atoms with Gasteiger partial charge in [0.25, 0.3) is 5.69 Å². The van der Waals surface area contributed by atoms with E-state index in [4.69, 9.17) is 9.15 Å². The van der Waals surface area contributed by atoms with E-state index in [0.29, 0.717) is 16.9 Å². The Bertz CT molecular complexity index is 1290. The first-order valence-corrected chi connectivity index (χ1v) is 8.53. The zero-order valence-corrected chi connectivity index (χ0v) is 14.9. The number of nitrogens with zero attached hydrogens (tertiary/aromatic N) is 1. The summed E-state index contributed by atoms with van der Waals surface area (Å²) in [7, 11) is 1.60. The average Bonchev–Trinajstić information content (AvgIpc) is 2.71. The van der Waals surface area contributed by atoms with Crippen LogP contribution in [0.1, 0.15) is 11.1 Å². The van der Waals surface area contributed by atoms with Crippen LogP contribution in [-0.2, 0) is 0 Å². The molecule has 138 valence electrons. The number of rotatable bonds is 4. The van der Waals surface area contributed by atoms with E-state index < -0.39 is 10.5 Å². The molecule has 0 spiro atoms. The first kappa shape index (κ1) is 17.5. The summed E-state index contributed by atoms with van der Waals surface area (Å²) in [4.78, 5) is 22.4. The highest BCUT2D eigenvalue weighted by molar-refractivity contribution is 6.08. The molecule has 3 aromatic carbocycles. The van der Waals surface area contributed by atoms with Gasteiger partial charge in [-0.2, -0.15) is 0 Å². The predicted octanol–water partition coefficient (Wildman–Crippen LogP) is 5.03. The lowest BCUT2D eigenvalue weighted by molar-refractivity contribution is -0.384. The standard InChI is InChI=1S/C22H15NO5/c1-27-20-4-2-3-19-18(20)12-11-17-15(13-21(24)28-22(17)19)8-5-14-6-9-16(10-7-14)23(25)26/h2-13H,1H3/b8-5+. The molecule has 4 aromatic rings. The van der Waals surface area contributed by atoms with Crippen molar-refractivity contribution in [3.05, 3.63) is 92.3 Å². The summed E-state index contributed by atoms with van der Waals surface area (Å²) < 4.78 is 10.9. The minimum Gasteiger partial charge on any atom is -0.496 e. The molecule has 0 saturated carbocycles. The van der Waals surface area contributed by atoms with Crippen molar-refractivity contribution in [1.29, 1.82) is 0 Å². The summed E-state index contributed by atoms with van der Waals surface area (Å²) >= 11 is 0. The SMILES string of the molecule is COc1cccc2c1ccc1c(/C=C/c3ccc([N+](=O)[O-])cc3)cc(=O)oc12. The van der Waals surface area contributed by atoms with Crippen LogP contribution in [0.2, 0.25) is 0 Å². The largest absolute Gasteiger partial charge is 0.496 e. The van der Waals surface area contributed by atoms with Crippen LogP contribution >= 0.6 is 0 Å². The highest BCUT2D eigenvalue weighted by Crippen LogP contribution is 2.32. The molecule has 0 N–H and O–H groups in total. The molecule has 0 unspecified atom stereocenters. The molecule has 0 amide bonds. The van der Waals surface area contributed by atoms with Crippen molar-refractivity contribution in [3.63, 3.8) is 0 Å². The van der Waals surface area contributed by atoms with Gasteiger partial charge in [0.2, 0.25) is 0 Å². The molecule has 4 rings (SSSR count). The Morgan fingerprint density at radius 1 is 0.964 bits per heavy atom. The van der Waals surface area contributed by atoms with Gasteiger partial charge in [-0.15, -0.1) is 0 Å². The smallest absolute Gasteiger partial charge is 0.336 e. The quantitative estimate of drug-likeness (QED) is 0.217. The van der Waals surface area contributed by atoms with Crippen LogP contribution in [0.3, 0.4) is 0 Å². The second kappa shape index (κ2) is 7.00. The van der Waals surface area contributed by atoms with Crippen molar-refractivity contribution in [2.24, 2.45) is 0 Å². The average molecular weight is 373 g/mol. The second-order valence-electron chi connectivity index (χ2n) is 6.20. The van der Waals surface area contributed by atoms with Gasteiger partial charge in [0.15, 0.2) is 0 Å². The van der Waals surface area contributed by atoms with Crippen molar-refractivity contribution >= 4 is 39.6 Å². The van der Waals surface area contributed by atoms with Gasteiger partial charge in [0.05, 0.1) is 12.0 Å². The van der Waals surface area contributed by atoms with Crippen LogP contribution in [0.5, 0.6) is 5.75 Å². The van der Waals surface area contributed by atoms with Crippen molar-refractivity contribution in [3.8, 4) is 5.75 Å². The van der Waals surface area contributed by atoms with Gasteiger partial charge in [0, 0.05) is 34.4 Å². The van der Waals surface area contributed by atoms with Gasteiger partial charge < -0.3 is 9.15 Å². The summed E-state index contributed by atoms with van der Waals surface area (Å²) in [6.07, 6.45) is 3.60. The number of nitro groups is 1. The zero-order valence-electron chi connectivity index (χ0n) is 14.9. The zero-order chi connectivity index (χ0) is 19.7. The Morgan fingerprint density at radius 2 is 1.71 bits per heavy atom. The Morgan fingerprint density at radius 3 is 2.43 bits per heavy atom. The molecule has 6 heteroatoms. The molecule has 1 heterocycles. The van der Waals surface area contributed by atoms with Gasteiger partial charge in [-0.1, -0.05) is 24.3 Å². The predicted molar refractivity (Wildman–Crippen MR) is 109 cm³/mol. The fourth-order valence-corrected chi connectivity index (χ4v) is 3.18.